The van der Waals surface area contributed by atoms with Crippen molar-refractivity contribution in [1.29, 1.82) is 0 Å². The Kier molecular flexibility index (Phi) is 8.03. The maximum atomic E-state index is 12.1. The molecule has 0 aliphatic heterocycles. The number of carbonyl (C=O) groups is 2. The minimum absolute atomic E-state index is 0.218. The van der Waals surface area contributed by atoms with Crippen molar-refractivity contribution in [3.05, 3.63) is 51.5 Å². The first-order valence-corrected chi connectivity index (χ1v) is 8.98. The van der Waals surface area contributed by atoms with Crippen LogP contribution in [0.4, 0.5) is 5.69 Å². The van der Waals surface area contributed by atoms with E-state index in [1.54, 1.807) is 31.2 Å². The molecule has 0 aliphatic carbocycles. The van der Waals surface area contributed by atoms with E-state index >= 15 is 0 Å². The minimum Gasteiger partial charge on any atom is -0.482 e. The lowest BCUT2D eigenvalue weighted by Gasteiger charge is -2.11. The molecule has 1 N–H and O–H groups in total. The maximum absolute atomic E-state index is 12.1. The number of hydrogen-bond acceptors (Lipinski definition) is 5. The molecule has 0 spiro atoms. The predicted molar refractivity (Wildman–Crippen MR) is 104 cm³/mol. The molecular weight excluding hydrogens is 417 g/mol. The molecular formula is C18H16Cl3NO5. The second-order valence-corrected chi connectivity index (χ2v) is 6.38. The Labute approximate surface area is 171 Å². The number of halogens is 3. The predicted octanol–water partition coefficient (Wildman–Crippen LogP) is 4.61. The normalized spacial score (nSPS) is 10.2. The number of benzene rings is 2. The Morgan fingerprint density at radius 1 is 0.963 bits per heavy atom. The summed E-state index contributed by atoms with van der Waals surface area (Å²) in [4.78, 5) is 23.4. The van der Waals surface area contributed by atoms with Gasteiger partial charge in [0, 0.05) is 17.8 Å². The standard InChI is InChI=1S/C18H16Cl3NO5/c1-2-25-18(24)10-26-12-5-3-4-11(6-12)22-17(23)9-27-16-8-14(20)13(19)7-15(16)21/h3-8H,2,9-10H2,1H3,(H,22,23). The Balaban J connectivity index is 1.89. The second-order valence-electron chi connectivity index (χ2n) is 5.16. The lowest BCUT2D eigenvalue weighted by atomic mass is 10.3. The molecule has 0 saturated carbocycles. The second kappa shape index (κ2) is 10.3. The number of hydrogen-bond donors (Lipinski definition) is 1. The van der Waals surface area contributed by atoms with Crippen LogP contribution in [0.1, 0.15) is 6.92 Å². The molecule has 0 saturated heterocycles. The van der Waals surface area contributed by atoms with Crippen LogP contribution in [-0.2, 0) is 14.3 Å². The van der Waals surface area contributed by atoms with E-state index < -0.39 is 11.9 Å². The fourth-order valence-corrected chi connectivity index (χ4v) is 2.56. The summed E-state index contributed by atoms with van der Waals surface area (Å²) >= 11 is 17.7. The van der Waals surface area contributed by atoms with Crippen LogP contribution in [0.25, 0.3) is 0 Å². The number of ether oxygens (including phenoxy) is 3. The van der Waals surface area contributed by atoms with Crippen molar-refractivity contribution in [2.45, 2.75) is 6.92 Å². The van der Waals surface area contributed by atoms with Crippen molar-refractivity contribution >= 4 is 52.4 Å². The minimum atomic E-state index is -0.473. The van der Waals surface area contributed by atoms with E-state index in [1.165, 1.54) is 12.1 Å². The van der Waals surface area contributed by atoms with Crippen LogP contribution in [0, 0.1) is 0 Å². The highest BCUT2D eigenvalue weighted by molar-refractivity contribution is 6.43. The molecule has 0 heterocycles. The van der Waals surface area contributed by atoms with Gasteiger partial charge in [0.25, 0.3) is 5.91 Å². The van der Waals surface area contributed by atoms with Crippen molar-refractivity contribution in [1.82, 2.24) is 0 Å². The smallest absolute Gasteiger partial charge is 0.344 e. The summed E-state index contributed by atoms with van der Waals surface area (Å²) in [5.41, 5.74) is 0.477. The number of amides is 1. The van der Waals surface area contributed by atoms with Gasteiger partial charge < -0.3 is 19.5 Å². The Morgan fingerprint density at radius 2 is 1.70 bits per heavy atom. The van der Waals surface area contributed by atoms with Gasteiger partial charge in [-0.2, -0.15) is 0 Å². The number of nitrogens with one attached hydrogen (secondary N) is 1. The molecule has 144 valence electrons. The van der Waals surface area contributed by atoms with Crippen molar-refractivity contribution in [2.75, 3.05) is 25.1 Å². The number of carbonyl (C=O) groups excluding carboxylic acids is 2. The lowest BCUT2D eigenvalue weighted by Crippen LogP contribution is -2.20. The molecule has 0 aliphatic rings. The van der Waals surface area contributed by atoms with E-state index in [4.69, 9.17) is 49.0 Å². The first-order valence-electron chi connectivity index (χ1n) is 7.84. The Morgan fingerprint density at radius 3 is 2.44 bits per heavy atom. The summed E-state index contributed by atoms with van der Waals surface area (Å²) in [7, 11) is 0. The third kappa shape index (κ3) is 6.82. The molecule has 0 radical (unpaired) electrons. The van der Waals surface area contributed by atoms with Gasteiger partial charge >= 0.3 is 5.97 Å². The van der Waals surface area contributed by atoms with Gasteiger partial charge in [-0.05, 0) is 25.1 Å². The summed E-state index contributed by atoms with van der Waals surface area (Å²) in [6, 6.07) is 9.44. The van der Waals surface area contributed by atoms with Gasteiger partial charge in [-0.25, -0.2) is 4.79 Å². The van der Waals surface area contributed by atoms with Crippen LogP contribution >= 0.6 is 34.8 Å². The summed E-state index contributed by atoms with van der Waals surface area (Å²) in [6.45, 7) is 1.48. The van der Waals surface area contributed by atoms with Crippen LogP contribution in [0.2, 0.25) is 15.1 Å². The van der Waals surface area contributed by atoms with Gasteiger partial charge in [-0.3, -0.25) is 4.79 Å². The van der Waals surface area contributed by atoms with Gasteiger partial charge in [0.15, 0.2) is 13.2 Å². The first kappa shape index (κ1) is 21.2. The zero-order valence-corrected chi connectivity index (χ0v) is 16.5. The molecule has 2 aromatic carbocycles. The van der Waals surface area contributed by atoms with Gasteiger partial charge in [-0.1, -0.05) is 40.9 Å². The first-order chi connectivity index (χ1) is 12.9. The van der Waals surface area contributed by atoms with Crippen molar-refractivity contribution in [3.8, 4) is 11.5 Å². The lowest BCUT2D eigenvalue weighted by molar-refractivity contribution is -0.145. The average Bonchev–Trinajstić information content (AvgIpc) is 2.62. The monoisotopic (exact) mass is 431 g/mol. The third-order valence-corrected chi connectivity index (χ3v) is 4.13. The number of anilines is 1. The van der Waals surface area contributed by atoms with Gasteiger partial charge in [-0.15, -0.1) is 0 Å². The molecule has 2 aromatic rings. The Bertz CT molecular complexity index is 829. The highest BCUT2D eigenvalue weighted by Crippen LogP contribution is 2.33. The van der Waals surface area contributed by atoms with E-state index in [2.05, 4.69) is 5.32 Å². The van der Waals surface area contributed by atoms with Gasteiger partial charge in [0.1, 0.15) is 11.5 Å². The molecule has 9 heteroatoms. The van der Waals surface area contributed by atoms with Crippen LogP contribution < -0.4 is 14.8 Å². The van der Waals surface area contributed by atoms with Crippen molar-refractivity contribution in [2.24, 2.45) is 0 Å². The quantitative estimate of drug-likeness (QED) is 0.487. The number of esters is 1. The van der Waals surface area contributed by atoms with Crippen LogP contribution in [-0.4, -0.2) is 31.7 Å². The molecule has 0 aromatic heterocycles. The fourth-order valence-electron chi connectivity index (χ4n) is 1.96. The zero-order chi connectivity index (χ0) is 19.8. The molecule has 27 heavy (non-hydrogen) atoms. The molecule has 0 bridgehead atoms. The molecule has 0 fully saturated rings. The fraction of sp³-hybridized carbons (Fsp3) is 0.222. The maximum Gasteiger partial charge on any atom is 0.344 e. The average molecular weight is 433 g/mol. The molecule has 1 amide bonds. The van der Waals surface area contributed by atoms with E-state index in [9.17, 15) is 9.59 Å². The van der Waals surface area contributed by atoms with Gasteiger partial charge in [0.05, 0.1) is 21.7 Å². The van der Waals surface area contributed by atoms with E-state index in [0.29, 0.717) is 11.4 Å². The van der Waals surface area contributed by atoms with E-state index in [1.807, 2.05) is 0 Å². The molecule has 6 nitrogen and oxygen atoms in total. The largest absolute Gasteiger partial charge is 0.482 e. The number of rotatable bonds is 8. The third-order valence-electron chi connectivity index (χ3n) is 3.11. The van der Waals surface area contributed by atoms with Crippen LogP contribution in [0.3, 0.4) is 0 Å². The topological polar surface area (TPSA) is 73.9 Å². The Hall–Kier alpha value is -2.15. The van der Waals surface area contributed by atoms with E-state index in [0.717, 1.165) is 0 Å². The molecule has 0 unspecified atom stereocenters. The highest BCUT2D eigenvalue weighted by Gasteiger charge is 2.10. The van der Waals surface area contributed by atoms with Crippen molar-refractivity contribution in [3.63, 3.8) is 0 Å². The van der Waals surface area contributed by atoms with Crippen molar-refractivity contribution < 1.29 is 23.8 Å². The summed E-state index contributed by atoms with van der Waals surface area (Å²) in [5, 5.41) is 3.45. The van der Waals surface area contributed by atoms with Gasteiger partial charge in [0.2, 0.25) is 0 Å². The molecule has 0 atom stereocenters. The summed E-state index contributed by atoms with van der Waals surface area (Å²) in [6.07, 6.45) is 0. The molecule has 2 rings (SSSR count). The summed E-state index contributed by atoms with van der Waals surface area (Å²) in [5.74, 6) is -0.236. The highest BCUT2D eigenvalue weighted by atomic mass is 35.5. The zero-order valence-electron chi connectivity index (χ0n) is 14.3. The van der Waals surface area contributed by atoms with E-state index in [-0.39, 0.29) is 40.6 Å². The van der Waals surface area contributed by atoms with Crippen LogP contribution in [0.5, 0.6) is 11.5 Å². The SMILES string of the molecule is CCOC(=O)COc1cccc(NC(=O)COc2cc(Cl)c(Cl)cc2Cl)c1. The summed E-state index contributed by atoms with van der Waals surface area (Å²) < 4.78 is 15.5. The van der Waals surface area contributed by atoms with Crippen LogP contribution in [0.15, 0.2) is 36.4 Å².